The first-order valence-corrected chi connectivity index (χ1v) is 5.71. The number of carbonyl (C=O) groups is 2. The van der Waals surface area contributed by atoms with Crippen molar-refractivity contribution in [1.82, 2.24) is 0 Å². The number of carboxylic acids is 1. The molecule has 1 aliphatic rings. The van der Waals surface area contributed by atoms with E-state index in [4.69, 9.17) is 19.3 Å². The predicted molar refractivity (Wildman–Crippen MR) is 64.1 cm³/mol. The molecule has 0 spiro atoms. The molecular weight excluding hydrogens is 252 g/mol. The second-order valence-corrected chi connectivity index (χ2v) is 4.17. The summed E-state index contributed by atoms with van der Waals surface area (Å²) in [5.74, 6) is -1.43. The van der Waals surface area contributed by atoms with Gasteiger partial charge in [-0.05, 0) is 17.7 Å². The van der Waals surface area contributed by atoms with Gasteiger partial charge in [-0.2, -0.15) is 0 Å². The molecule has 1 heterocycles. The number of rotatable bonds is 4. The van der Waals surface area contributed by atoms with E-state index in [-0.39, 0.29) is 6.42 Å². The van der Waals surface area contributed by atoms with E-state index in [0.29, 0.717) is 17.1 Å². The van der Waals surface area contributed by atoms with Crippen molar-refractivity contribution >= 4 is 11.9 Å². The molecule has 0 unspecified atom stereocenters. The van der Waals surface area contributed by atoms with E-state index in [1.54, 1.807) is 18.2 Å². The van der Waals surface area contributed by atoms with E-state index in [1.165, 1.54) is 14.2 Å². The van der Waals surface area contributed by atoms with Crippen molar-refractivity contribution in [3.8, 4) is 11.5 Å². The summed E-state index contributed by atoms with van der Waals surface area (Å²) < 4.78 is 15.3. The van der Waals surface area contributed by atoms with Crippen LogP contribution in [0.5, 0.6) is 11.5 Å². The largest absolute Gasteiger partial charge is 0.493 e. The van der Waals surface area contributed by atoms with Crippen LogP contribution in [0.3, 0.4) is 0 Å². The Morgan fingerprint density at radius 1 is 1.32 bits per heavy atom. The van der Waals surface area contributed by atoms with Crippen molar-refractivity contribution in [2.45, 2.75) is 12.5 Å². The molecule has 0 saturated carbocycles. The van der Waals surface area contributed by atoms with Crippen LogP contribution in [-0.2, 0) is 14.3 Å². The van der Waals surface area contributed by atoms with E-state index >= 15 is 0 Å². The molecule has 0 aromatic heterocycles. The lowest BCUT2D eigenvalue weighted by atomic mass is 9.95. The maximum absolute atomic E-state index is 11.3. The van der Waals surface area contributed by atoms with Gasteiger partial charge in [0.05, 0.1) is 20.6 Å². The summed E-state index contributed by atoms with van der Waals surface area (Å²) in [5, 5.41) is 9.10. The van der Waals surface area contributed by atoms with Gasteiger partial charge in [0.15, 0.2) is 11.5 Å². The van der Waals surface area contributed by atoms with Crippen molar-refractivity contribution in [3.63, 3.8) is 0 Å². The van der Waals surface area contributed by atoms with Crippen molar-refractivity contribution in [1.29, 1.82) is 0 Å². The molecule has 0 amide bonds. The zero-order valence-corrected chi connectivity index (χ0v) is 10.6. The van der Waals surface area contributed by atoms with Gasteiger partial charge in [-0.3, -0.25) is 9.59 Å². The first kappa shape index (κ1) is 13.2. The fourth-order valence-corrected chi connectivity index (χ4v) is 2.11. The number of ether oxygens (including phenoxy) is 3. The lowest BCUT2D eigenvalue weighted by molar-refractivity contribution is -0.144. The summed E-state index contributed by atoms with van der Waals surface area (Å²) in [6.07, 6.45) is -0.904. The number of esters is 1. The van der Waals surface area contributed by atoms with Crippen molar-refractivity contribution in [2.75, 3.05) is 14.2 Å². The third-order valence-corrected chi connectivity index (χ3v) is 3.06. The topological polar surface area (TPSA) is 82.1 Å². The smallest absolute Gasteiger partial charge is 0.311 e. The monoisotopic (exact) mass is 266 g/mol. The van der Waals surface area contributed by atoms with Crippen LogP contribution in [0.1, 0.15) is 18.1 Å². The van der Waals surface area contributed by atoms with Gasteiger partial charge in [-0.1, -0.05) is 6.07 Å². The van der Waals surface area contributed by atoms with Gasteiger partial charge < -0.3 is 19.3 Å². The molecule has 0 aliphatic carbocycles. The average Bonchev–Trinajstić information content (AvgIpc) is 2.80. The zero-order chi connectivity index (χ0) is 14.0. The first-order valence-electron chi connectivity index (χ1n) is 5.71. The van der Waals surface area contributed by atoms with Crippen molar-refractivity contribution in [3.05, 3.63) is 23.8 Å². The zero-order valence-electron chi connectivity index (χ0n) is 10.6. The molecule has 1 saturated heterocycles. The van der Waals surface area contributed by atoms with Crippen LogP contribution in [0.15, 0.2) is 18.2 Å². The Morgan fingerprint density at radius 2 is 2.00 bits per heavy atom. The predicted octanol–water partition coefficient (Wildman–Crippen LogP) is 1.39. The van der Waals surface area contributed by atoms with Gasteiger partial charge in [0.25, 0.3) is 0 Å². The van der Waals surface area contributed by atoms with Gasteiger partial charge >= 0.3 is 11.9 Å². The highest BCUT2D eigenvalue weighted by Crippen LogP contribution is 2.39. The number of aliphatic carboxylic acids is 1. The van der Waals surface area contributed by atoms with Crippen molar-refractivity contribution < 1.29 is 28.9 Å². The SMILES string of the molecule is COc1ccc([C@@H]2OC(=O)C[C@@H]2C(=O)O)cc1OC. The average molecular weight is 266 g/mol. The minimum atomic E-state index is -1.05. The summed E-state index contributed by atoms with van der Waals surface area (Å²) >= 11 is 0. The number of cyclic esters (lactones) is 1. The lowest BCUT2D eigenvalue weighted by Gasteiger charge is -2.16. The third kappa shape index (κ3) is 2.47. The fourth-order valence-electron chi connectivity index (χ4n) is 2.11. The van der Waals surface area contributed by atoms with Crippen LogP contribution in [0.2, 0.25) is 0 Å². The lowest BCUT2D eigenvalue weighted by Crippen LogP contribution is -2.17. The molecule has 1 aromatic rings. The second kappa shape index (κ2) is 5.17. The number of carboxylic acid groups (broad SMARTS) is 1. The van der Waals surface area contributed by atoms with Crippen LogP contribution in [0, 0.1) is 5.92 Å². The summed E-state index contributed by atoms with van der Waals surface area (Å²) in [6, 6.07) is 4.94. The standard InChI is InChI=1S/C13H14O6/c1-17-9-4-3-7(5-10(9)18-2)12-8(13(15)16)6-11(14)19-12/h3-5,8,12H,6H2,1-2H3,(H,15,16)/t8-,12-/m0/s1. The summed E-state index contributed by atoms with van der Waals surface area (Å²) in [7, 11) is 2.99. The van der Waals surface area contributed by atoms with E-state index in [2.05, 4.69) is 0 Å². The van der Waals surface area contributed by atoms with Crippen LogP contribution in [0.25, 0.3) is 0 Å². The molecule has 0 radical (unpaired) electrons. The van der Waals surface area contributed by atoms with Crippen LogP contribution in [-0.4, -0.2) is 31.3 Å². The highest BCUT2D eigenvalue weighted by Gasteiger charge is 2.41. The van der Waals surface area contributed by atoms with Gasteiger partial charge in [0, 0.05) is 0 Å². The van der Waals surface area contributed by atoms with Gasteiger partial charge in [0.1, 0.15) is 12.0 Å². The van der Waals surface area contributed by atoms with E-state index in [0.717, 1.165) is 0 Å². The molecule has 2 atom stereocenters. The number of hydrogen-bond donors (Lipinski definition) is 1. The molecule has 1 N–H and O–H groups in total. The Balaban J connectivity index is 2.35. The van der Waals surface area contributed by atoms with E-state index < -0.39 is 24.0 Å². The highest BCUT2D eigenvalue weighted by molar-refractivity contribution is 5.82. The van der Waals surface area contributed by atoms with Gasteiger partial charge in [-0.15, -0.1) is 0 Å². The molecule has 2 rings (SSSR count). The molecule has 1 aromatic carbocycles. The van der Waals surface area contributed by atoms with Crippen molar-refractivity contribution in [2.24, 2.45) is 5.92 Å². The molecule has 19 heavy (non-hydrogen) atoms. The Labute approximate surface area is 109 Å². The van der Waals surface area contributed by atoms with Crippen LogP contribution >= 0.6 is 0 Å². The maximum Gasteiger partial charge on any atom is 0.311 e. The number of benzene rings is 1. The molecule has 6 heteroatoms. The number of methoxy groups -OCH3 is 2. The maximum atomic E-state index is 11.3. The molecule has 1 aliphatic heterocycles. The normalized spacial score (nSPS) is 21.9. The third-order valence-electron chi connectivity index (χ3n) is 3.06. The summed E-state index contributed by atoms with van der Waals surface area (Å²) in [4.78, 5) is 22.4. The minimum absolute atomic E-state index is 0.117. The fraction of sp³-hybridized carbons (Fsp3) is 0.385. The molecular formula is C13H14O6. The van der Waals surface area contributed by atoms with Crippen LogP contribution in [0.4, 0.5) is 0 Å². The number of carbonyl (C=O) groups excluding carboxylic acids is 1. The Bertz CT molecular complexity index is 510. The number of hydrogen-bond acceptors (Lipinski definition) is 5. The highest BCUT2D eigenvalue weighted by atomic mass is 16.6. The van der Waals surface area contributed by atoms with E-state index in [1.807, 2.05) is 0 Å². The summed E-state index contributed by atoms with van der Waals surface area (Å²) in [5.41, 5.74) is 0.580. The molecule has 0 bridgehead atoms. The second-order valence-electron chi connectivity index (χ2n) is 4.17. The van der Waals surface area contributed by atoms with E-state index in [9.17, 15) is 9.59 Å². The molecule has 6 nitrogen and oxygen atoms in total. The van der Waals surface area contributed by atoms with Gasteiger partial charge in [0.2, 0.25) is 0 Å². The Hall–Kier alpha value is -2.24. The van der Waals surface area contributed by atoms with Crippen LogP contribution < -0.4 is 9.47 Å². The summed E-state index contributed by atoms with van der Waals surface area (Å²) in [6.45, 7) is 0. The Morgan fingerprint density at radius 3 is 2.58 bits per heavy atom. The molecule has 102 valence electrons. The minimum Gasteiger partial charge on any atom is -0.493 e. The Kier molecular flexibility index (Phi) is 3.59. The quantitative estimate of drug-likeness (QED) is 0.829. The van der Waals surface area contributed by atoms with Gasteiger partial charge in [-0.25, -0.2) is 0 Å². The first-order chi connectivity index (χ1) is 9.06. The molecule has 1 fully saturated rings.